The Morgan fingerprint density at radius 3 is 2.28 bits per heavy atom. The number of phenols is 1. The van der Waals surface area contributed by atoms with E-state index >= 15 is 0 Å². The van der Waals surface area contributed by atoms with Crippen LogP contribution in [0, 0.1) is 0 Å². The number of hydrogen-bond acceptors (Lipinski definition) is 6. The van der Waals surface area contributed by atoms with Gasteiger partial charge in [0.2, 0.25) is 0 Å². The molecule has 1 heterocycles. The normalized spacial score (nSPS) is 10.9. The van der Waals surface area contributed by atoms with Gasteiger partial charge < -0.3 is 29.2 Å². The van der Waals surface area contributed by atoms with Crippen molar-refractivity contribution in [2.75, 3.05) is 26.2 Å². The van der Waals surface area contributed by atoms with Crippen molar-refractivity contribution < 1.29 is 24.1 Å². The SMILES string of the molecule is COc1cc(CN(C(=O)/C=C/c2ccc(OC)c(O)c2)c2ccc(-c3cnc[nH]3)cc2)cc(OC)c1. The molecule has 0 radical (unpaired) electrons. The van der Waals surface area contributed by atoms with E-state index in [9.17, 15) is 9.90 Å². The summed E-state index contributed by atoms with van der Waals surface area (Å²) in [6.45, 7) is 0.286. The molecule has 0 saturated carbocycles. The minimum Gasteiger partial charge on any atom is -0.504 e. The summed E-state index contributed by atoms with van der Waals surface area (Å²) in [5.41, 5.74) is 4.06. The molecule has 4 aromatic rings. The zero-order valence-corrected chi connectivity index (χ0v) is 20.3. The number of H-pyrrole nitrogens is 1. The Hall–Kier alpha value is -4.72. The molecule has 8 heteroatoms. The predicted molar refractivity (Wildman–Crippen MR) is 138 cm³/mol. The molecular formula is C28H27N3O5. The highest BCUT2D eigenvalue weighted by Crippen LogP contribution is 2.29. The zero-order chi connectivity index (χ0) is 25.5. The number of nitrogens with zero attached hydrogens (tertiary/aromatic N) is 2. The number of ether oxygens (including phenoxy) is 3. The highest BCUT2D eigenvalue weighted by atomic mass is 16.5. The molecule has 1 amide bonds. The molecule has 4 rings (SSSR count). The second-order valence-electron chi connectivity index (χ2n) is 7.92. The molecule has 0 aliphatic carbocycles. The molecule has 0 bridgehead atoms. The van der Waals surface area contributed by atoms with Gasteiger partial charge in [0.15, 0.2) is 11.5 Å². The topological polar surface area (TPSA) is 96.9 Å². The number of rotatable bonds is 9. The Kier molecular flexibility index (Phi) is 7.55. The summed E-state index contributed by atoms with van der Waals surface area (Å²) in [5.74, 6) is 1.40. The first-order chi connectivity index (χ1) is 17.5. The molecule has 0 unspecified atom stereocenters. The van der Waals surface area contributed by atoms with Gasteiger partial charge in [-0.25, -0.2) is 4.98 Å². The Morgan fingerprint density at radius 1 is 0.972 bits per heavy atom. The summed E-state index contributed by atoms with van der Waals surface area (Å²) >= 11 is 0. The molecule has 0 saturated heterocycles. The maximum atomic E-state index is 13.4. The number of phenolic OH excluding ortho intramolecular Hbond substituents is 1. The Labute approximate surface area is 209 Å². The van der Waals surface area contributed by atoms with E-state index in [1.54, 1.807) is 62.0 Å². The first-order valence-electron chi connectivity index (χ1n) is 11.2. The molecule has 0 spiro atoms. The molecule has 3 aromatic carbocycles. The quantitative estimate of drug-likeness (QED) is 0.322. The van der Waals surface area contributed by atoms with Crippen molar-refractivity contribution in [2.45, 2.75) is 6.54 Å². The number of carbonyl (C=O) groups is 1. The van der Waals surface area contributed by atoms with Gasteiger partial charge in [0, 0.05) is 17.8 Å². The first-order valence-corrected chi connectivity index (χ1v) is 11.2. The monoisotopic (exact) mass is 485 g/mol. The maximum absolute atomic E-state index is 13.4. The average Bonchev–Trinajstić information content (AvgIpc) is 3.45. The van der Waals surface area contributed by atoms with E-state index in [2.05, 4.69) is 9.97 Å². The van der Waals surface area contributed by atoms with Crippen molar-refractivity contribution in [2.24, 2.45) is 0 Å². The second kappa shape index (κ2) is 11.1. The lowest BCUT2D eigenvalue weighted by atomic mass is 10.1. The van der Waals surface area contributed by atoms with E-state index in [0.29, 0.717) is 28.5 Å². The van der Waals surface area contributed by atoms with Gasteiger partial charge in [-0.2, -0.15) is 0 Å². The number of hydrogen-bond donors (Lipinski definition) is 2. The van der Waals surface area contributed by atoms with Crippen LogP contribution in [0.3, 0.4) is 0 Å². The van der Waals surface area contributed by atoms with E-state index < -0.39 is 0 Å². The minimum absolute atomic E-state index is 0.00169. The van der Waals surface area contributed by atoms with E-state index in [4.69, 9.17) is 14.2 Å². The number of amides is 1. The van der Waals surface area contributed by atoms with Crippen molar-refractivity contribution in [3.05, 3.63) is 90.4 Å². The van der Waals surface area contributed by atoms with Crippen molar-refractivity contribution in [1.82, 2.24) is 9.97 Å². The van der Waals surface area contributed by atoms with E-state index in [0.717, 1.165) is 16.8 Å². The molecule has 0 aliphatic heterocycles. The number of carbonyl (C=O) groups excluding carboxylic acids is 1. The second-order valence-corrected chi connectivity index (χ2v) is 7.92. The largest absolute Gasteiger partial charge is 0.504 e. The summed E-state index contributed by atoms with van der Waals surface area (Å²) in [5, 5.41) is 10.1. The highest BCUT2D eigenvalue weighted by molar-refractivity contribution is 6.04. The Bertz CT molecular complexity index is 1330. The van der Waals surface area contributed by atoms with Crippen LogP contribution in [0.1, 0.15) is 11.1 Å². The molecule has 0 atom stereocenters. The van der Waals surface area contributed by atoms with Crippen LogP contribution in [-0.4, -0.2) is 42.3 Å². The Morgan fingerprint density at radius 2 is 1.69 bits per heavy atom. The van der Waals surface area contributed by atoms with Crippen LogP contribution in [0.25, 0.3) is 17.3 Å². The summed E-state index contributed by atoms with van der Waals surface area (Å²) in [7, 11) is 4.66. The number of aromatic hydroxyl groups is 1. The lowest BCUT2D eigenvalue weighted by molar-refractivity contribution is -0.114. The first kappa shape index (κ1) is 24.4. The Balaban J connectivity index is 1.65. The number of aromatic nitrogens is 2. The van der Waals surface area contributed by atoms with Gasteiger partial charge in [0.25, 0.3) is 5.91 Å². The number of imidazole rings is 1. The molecular weight excluding hydrogens is 458 g/mol. The standard InChI is InChI=1S/C28H27N3O5/c1-34-23-12-20(13-24(15-23)35-2)17-31(22-8-6-21(7-9-22)25-16-29-18-30-25)28(33)11-5-19-4-10-27(36-3)26(32)14-19/h4-16,18,32H,17H2,1-3H3,(H,29,30)/b11-5+. The van der Waals surface area contributed by atoms with Gasteiger partial charge in [0.05, 0.1) is 46.1 Å². The van der Waals surface area contributed by atoms with Gasteiger partial charge in [-0.15, -0.1) is 0 Å². The summed E-state index contributed by atoms with van der Waals surface area (Å²) in [6, 6.07) is 18.1. The molecule has 0 fully saturated rings. The predicted octanol–water partition coefficient (Wildman–Crippen LogP) is 5.05. The third-order valence-corrected chi connectivity index (χ3v) is 5.63. The molecule has 36 heavy (non-hydrogen) atoms. The van der Waals surface area contributed by atoms with E-state index in [1.807, 2.05) is 36.4 Å². The number of methoxy groups -OCH3 is 3. The lowest BCUT2D eigenvalue weighted by Gasteiger charge is -2.22. The molecule has 8 nitrogen and oxygen atoms in total. The molecule has 0 aliphatic rings. The lowest BCUT2D eigenvalue weighted by Crippen LogP contribution is -2.28. The molecule has 2 N–H and O–H groups in total. The third kappa shape index (κ3) is 5.67. The average molecular weight is 486 g/mol. The maximum Gasteiger partial charge on any atom is 0.251 e. The van der Waals surface area contributed by atoms with E-state index in [-0.39, 0.29) is 18.2 Å². The van der Waals surface area contributed by atoms with Crippen LogP contribution >= 0.6 is 0 Å². The van der Waals surface area contributed by atoms with Crippen LogP contribution in [0.5, 0.6) is 23.0 Å². The van der Waals surface area contributed by atoms with Gasteiger partial charge in [-0.3, -0.25) is 4.79 Å². The number of benzene rings is 3. The fraction of sp³-hybridized carbons (Fsp3) is 0.143. The fourth-order valence-corrected chi connectivity index (χ4v) is 3.74. The fourth-order valence-electron chi connectivity index (χ4n) is 3.74. The van der Waals surface area contributed by atoms with Crippen molar-refractivity contribution in [3.63, 3.8) is 0 Å². The summed E-state index contributed by atoms with van der Waals surface area (Å²) in [4.78, 5) is 22.2. The molecule has 184 valence electrons. The van der Waals surface area contributed by atoms with Crippen molar-refractivity contribution in [3.8, 4) is 34.3 Å². The third-order valence-electron chi connectivity index (χ3n) is 5.63. The van der Waals surface area contributed by atoms with Crippen molar-refractivity contribution in [1.29, 1.82) is 0 Å². The number of anilines is 1. The zero-order valence-electron chi connectivity index (χ0n) is 20.3. The van der Waals surface area contributed by atoms with Crippen LogP contribution in [0.2, 0.25) is 0 Å². The minimum atomic E-state index is -0.235. The van der Waals surface area contributed by atoms with Crippen LogP contribution < -0.4 is 19.1 Å². The van der Waals surface area contributed by atoms with Gasteiger partial charge in [-0.05, 0) is 59.2 Å². The van der Waals surface area contributed by atoms with Crippen LogP contribution in [0.4, 0.5) is 5.69 Å². The van der Waals surface area contributed by atoms with Crippen molar-refractivity contribution >= 4 is 17.7 Å². The smallest absolute Gasteiger partial charge is 0.251 e. The number of nitrogens with one attached hydrogen (secondary N) is 1. The van der Waals surface area contributed by atoms with Gasteiger partial charge in [0.1, 0.15) is 11.5 Å². The number of aromatic amines is 1. The van der Waals surface area contributed by atoms with Gasteiger partial charge in [-0.1, -0.05) is 18.2 Å². The summed E-state index contributed by atoms with van der Waals surface area (Å²) in [6.07, 6.45) is 6.49. The summed E-state index contributed by atoms with van der Waals surface area (Å²) < 4.78 is 15.9. The van der Waals surface area contributed by atoms with E-state index in [1.165, 1.54) is 13.2 Å². The highest BCUT2D eigenvalue weighted by Gasteiger charge is 2.16. The van der Waals surface area contributed by atoms with Crippen LogP contribution in [0.15, 0.2) is 79.3 Å². The van der Waals surface area contributed by atoms with Gasteiger partial charge >= 0.3 is 0 Å². The molecule has 1 aromatic heterocycles. The van der Waals surface area contributed by atoms with Crippen LogP contribution in [-0.2, 0) is 11.3 Å².